The number of amides is 1. The van der Waals surface area contributed by atoms with Gasteiger partial charge >= 0.3 is 11.9 Å². The van der Waals surface area contributed by atoms with Crippen LogP contribution in [-0.4, -0.2) is 75.7 Å². The van der Waals surface area contributed by atoms with Crippen LogP contribution in [0.4, 0.5) is 0 Å². The average molecular weight is 455 g/mol. The molecule has 0 aliphatic carbocycles. The summed E-state index contributed by atoms with van der Waals surface area (Å²) in [5.41, 5.74) is -3.32. The Morgan fingerprint density at radius 2 is 1.61 bits per heavy atom. The standard InChI is InChI=1S/C24H25NO8/c1-23(2,29)24(30)21(28)25-13-17(32-20(27)16-11-7-4-8-12-16)18(33-22(24)25)14-31-19(26)15-9-5-3-6-10-15/h3-12,17-18,22,29-30H,13-14H2,1-2H3/t17-,18+,22+,24?/m0/s1. The molecule has 0 saturated carbocycles. The van der Waals surface area contributed by atoms with E-state index in [1.807, 2.05) is 0 Å². The maximum atomic E-state index is 12.6. The fourth-order valence-corrected chi connectivity index (χ4v) is 3.92. The summed E-state index contributed by atoms with van der Waals surface area (Å²) in [7, 11) is 0. The number of carbonyl (C=O) groups is 3. The summed E-state index contributed by atoms with van der Waals surface area (Å²) in [5, 5.41) is 21.2. The number of esters is 2. The van der Waals surface area contributed by atoms with Crippen LogP contribution in [-0.2, 0) is 19.0 Å². The third-order valence-electron chi connectivity index (χ3n) is 5.91. The van der Waals surface area contributed by atoms with Crippen LogP contribution in [0, 0.1) is 0 Å². The van der Waals surface area contributed by atoms with E-state index in [0.717, 1.165) is 0 Å². The van der Waals surface area contributed by atoms with Gasteiger partial charge in [0.2, 0.25) is 5.60 Å². The molecular weight excluding hydrogens is 430 g/mol. The van der Waals surface area contributed by atoms with Gasteiger partial charge in [0.25, 0.3) is 5.91 Å². The number of rotatable bonds is 6. The van der Waals surface area contributed by atoms with Gasteiger partial charge in [0.15, 0.2) is 6.23 Å². The highest BCUT2D eigenvalue weighted by Gasteiger charge is 2.70. The summed E-state index contributed by atoms with van der Waals surface area (Å²) in [4.78, 5) is 38.8. The van der Waals surface area contributed by atoms with Crippen LogP contribution in [0.3, 0.4) is 0 Å². The summed E-state index contributed by atoms with van der Waals surface area (Å²) in [6.07, 6.45) is -3.13. The summed E-state index contributed by atoms with van der Waals surface area (Å²) < 4.78 is 16.8. The van der Waals surface area contributed by atoms with E-state index in [1.54, 1.807) is 60.7 Å². The van der Waals surface area contributed by atoms with Crippen molar-refractivity contribution in [2.75, 3.05) is 13.2 Å². The lowest BCUT2D eigenvalue weighted by Gasteiger charge is -2.60. The molecule has 2 saturated heterocycles. The van der Waals surface area contributed by atoms with E-state index < -0.39 is 47.5 Å². The minimum absolute atomic E-state index is 0.0893. The summed E-state index contributed by atoms with van der Waals surface area (Å²) in [6, 6.07) is 16.6. The fourth-order valence-electron chi connectivity index (χ4n) is 3.92. The van der Waals surface area contributed by atoms with E-state index in [1.165, 1.54) is 18.7 Å². The molecule has 1 unspecified atom stereocenters. The molecule has 2 aromatic carbocycles. The topological polar surface area (TPSA) is 123 Å². The van der Waals surface area contributed by atoms with Crippen LogP contribution in [0.5, 0.6) is 0 Å². The third kappa shape index (κ3) is 4.10. The van der Waals surface area contributed by atoms with Gasteiger partial charge in [0.05, 0.1) is 17.7 Å². The molecule has 0 spiro atoms. The lowest BCUT2D eigenvalue weighted by Crippen LogP contribution is -2.85. The normalized spacial score (nSPS) is 26.7. The maximum Gasteiger partial charge on any atom is 0.338 e. The average Bonchev–Trinajstić information content (AvgIpc) is 2.82. The Labute approximate surface area is 190 Å². The number of aliphatic hydroxyl groups is 2. The Morgan fingerprint density at radius 3 is 2.15 bits per heavy atom. The molecule has 4 rings (SSSR count). The molecule has 2 aromatic rings. The lowest BCUT2D eigenvalue weighted by molar-refractivity contribution is -0.324. The van der Waals surface area contributed by atoms with Gasteiger partial charge in [0.1, 0.15) is 24.4 Å². The molecule has 4 atom stereocenters. The molecule has 0 radical (unpaired) electrons. The minimum Gasteiger partial charge on any atom is -0.459 e. The van der Waals surface area contributed by atoms with Gasteiger partial charge in [-0.25, -0.2) is 9.59 Å². The second kappa shape index (κ2) is 8.58. The molecular formula is C24H25NO8. The Bertz CT molecular complexity index is 1040. The van der Waals surface area contributed by atoms with E-state index >= 15 is 0 Å². The Morgan fingerprint density at radius 1 is 1.06 bits per heavy atom. The monoisotopic (exact) mass is 455 g/mol. The minimum atomic E-state index is -2.18. The first-order chi connectivity index (χ1) is 15.6. The van der Waals surface area contributed by atoms with Gasteiger partial charge in [-0.15, -0.1) is 0 Å². The largest absolute Gasteiger partial charge is 0.459 e. The molecule has 33 heavy (non-hydrogen) atoms. The van der Waals surface area contributed by atoms with Crippen molar-refractivity contribution in [3.05, 3.63) is 71.8 Å². The van der Waals surface area contributed by atoms with Crippen molar-refractivity contribution in [1.29, 1.82) is 0 Å². The predicted octanol–water partition coefficient (Wildman–Crippen LogP) is 1.14. The number of β-lactam (4-membered cyclic amide) rings is 1. The Hall–Kier alpha value is -3.27. The molecule has 9 nitrogen and oxygen atoms in total. The van der Waals surface area contributed by atoms with E-state index in [4.69, 9.17) is 14.2 Å². The molecule has 9 heteroatoms. The van der Waals surface area contributed by atoms with E-state index in [2.05, 4.69) is 0 Å². The fraction of sp³-hybridized carbons (Fsp3) is 0.375. The number of hydrogen-bond donors (Lipinski definition) is 2. The number of benzene rings is 2. The first-order valence-electron chi connectivity index (χ1n) is 10.5. The van der Waals surface area contributed by atoms with Gasteiger partial charge in [-0.3, -0.25) is 4.79 Å². The Balaban J connectivity index is 1.53. The highest BCUT2D eigenvalue weighted by Crippen LogP contribution is 2.43. The van der Waals surface area contributed by atoms with Crippen molar-refractivity contribution in [3.63, 3.8) is 0 Å². The molecule has 2 aliphatic rings. The maximum absolute atomic E-state index is 12.6. The van der Waals surface area contributed by atoms with Crippen molar-refractivity contribution in [1.82, 2.24) is 4.90 Å². The molecule has 174 valence electrons. The van der Waals surface area contributed by atoms with Crippen LogP contribution in [0.25, 0.3) is 0 Å². The van der Waals surface area contributed by atoms with Gasteiger partial charge in [-0.1, -0.05) is 36.4 Å². The Kier molecular flexibility index (Phi) is 5.96. The molecule has 2 heterocycles. The highest BCUT2D eigenvalue weighted by atomic mass is 16.6. The number of nitrogens with zero attached hydrogens (tertiary/aromatic N) is 1. The van der Waals surface area contributed by atoms with Gasteiger partial charge < -0.3 is 29.3 Å². The highest BCUT2D eigenvalue weighted by molar-refractivity contribution is 5.94. The van der Waals surface area contributed by atoms with Crippen LogP contribution in [0.2, 0.25) is 0 Å². The predicted molar refractivity (Wildman–Crippen MR) is 114 cm³/mol. The second-order valence-electron chi connectivity index (χ2n) is 8.58. The van der Waals surface area contributed by atoms with E-state index in [0.29, 0.717) is 11.1 Å². The summed E-state index contributed by atoms with van der Waals surface area (Å²) >= 11 is 0. The summed E-state index contributed by atoms with van der Waals surface area (Å²) in [6.45, 7) is 2.23. The number of fused-ring (bicyclic) bond motifs is 1. The van der Waals surface area contributed by atoms with Crippen LogP contribution < -0.4 is 0 Å². The smallest absolute Gasteiger partial charge is 0.338 e. The van der Waals surface area contributed by atoms with Crippen molar-refractivity contribution in [2.45, 2.75) is 43.5 Å². The first kappa shape index (κ1) is 22.9. The van der Waals surface area contributed by atoms with Crippen LogP contribution >= 0.6 is 0 Å². The molecule has 0 aromatic heterocycles. The third-order valence-corrected chi connectivity index (χ3v) is 5.91. The molecule has 0 bridgehead atoms. The van der Waals surface area contributed by atoms with Crippen molar-refractivity contribution < 1.29 is 38.8 Å². The van der Waals surface area contributed by atoms with Crippen molar-refractivity contribution >= 4 is 17.8 Å². The second-order valence-corrected chi connectivity index (χ2v) is 8.58. The lowest BCUT2D eigenvalue weighted by atomic mass is 9.75. The SMILES string of the molecule is CC(C)(O)C1(O)C(=O)N2C[C@H](OC(=O)c3ccccc3)[C@@H](COC(=O)c3ccccc3)O[C@@H]21. The molecule has 2 N–H and O–H groups in total. The number of ether oxygens (including phenoxy) is 3. The first-order valence-corrected chi connectivity index (χ1v) is 10.5. The van der Waals surface area contributed by atoms with Crippen molar-refractivity contribution in [2.24, 2.45) is 0 Å². The zero-order valence-corrected chi connectivity index (χ0v) is 18.2. The van der Waals surface area contributed by atoms with Crippen LogP contribution in [0.15, 0.2) is 60.7 Å². The van der Waals surface area contributed by atoms with Gasteiger partial charge in [-0.05, 0) is 38.1 Å². The molecule has 2 aliphatic heterocycles. The summed E-state index contributed by atoms with van der Waals surface area (Å²) in [5.74, 6) is -1.97. The van der Waals surface area contributed by atoms with Crippen LogP contribution in [0.1, 0.15) is 34.6 Å². The van der Waals surface area contributed by atoms with Gasteiger partial charge in [-0.2, -0.15) is 0 Å². The molecule has 2 fully saturated rings. The number of hydrogen-bond acceptors (Lipinski definition) is 8. The molecule has 1 amide bonds. The van der Waals surface area contributed by atoms with Crippen molar-refractivity contribution in [3.8, 4) is 0 Å². The quantitative estimate of drug-likeness (QED) is 0.491. The number of carbonyl (C=O) groups excluding carboxylic acids is 3. The van der Waals surface area contributed by atoms with E-state index in [9.17, 15) is 24.6 Å². The van der Waals surface area contributed by atoms with Gasteiger partial charge in [0, 0.05) is 0 Å². The zero-order valence-electron chi connectivity index (χ0n) is 18.2. The van der Waals surface area contributed by atoms with E-state index in [-0.39, 0.29) is 13.2 Å². The zero-order chi connectivity index (χ0) is 23.8.